The first-order chi connectivity index (χ1) is 13.4. The van der Waals surface area contributed by atoms with Crippen molar-refractivity contribution in [3.8, 4) is 0 Å². The van der Waals surface area contributed by atoms with Crippen LogP contribution in [0, 0.1) is 0 Å². The van der Waals surface area contributed by atoms with Gasteiger partial charge < -0.3 is 24.8 Å². The second kappa shape index (κ2) is 8.72. The van der Waals surface area contributed by atoms with E-state index in [4.69, 9.17) is 4.74 Å². The van der Waals surface area contributed by atoms with Crippen molar-refractivity contribution in [2.75, 3.05) is 58.7 Å². The highest BCUT2D eigenvalue weighted by molar-refractivity contribution is 5.93. The summed E-state index contributed by atoms with van der Waals surface area (Å²) in [6.45, 7) is 6.07. The average molecular weight is 390 g/mol. The van der Waals surface area contributed by atoms with Crippen molar-refractivity contribution in [1.82, 2.24) is 24.7 Å². The fourth-order valence-electron chi connectivity index (χ4n) is 3.69. The van der Waals surface area contributed by atoms with E-state index >= 15 is 0 Å². The largest absolute Gasteiger partial charge is 0.441 e. The van der Waals surface area contributed by atoms with Crippen LogP contribution in [0.5, 0.6) is 0 Å². The van der Waals surface area contributed by atoms with Gasteiger partial charge in [0.05, 0.1) is 12.1 Å². The topological polar surface area (TPSA) is 90.9 Å². The minimum atomic E-state index is -0.461. The van der Waals surface area contributed by atoms with Crippen molar-refractivity contribution in [3.63, 3.8) is 0 Å². The molecule has 0 saturated carbocycles. The van der Waals surface area contributed by atoms with Gasteiger partial charge in [-0.05, 0) is 34.0 Å². The Kier molecular flexibility index (Phi) is 6.33. The summed E-state index contributed by atoms with van der Waals surface area (Å²) in [6.07, 6.45) is 5.12. The van der Waals surface area contributed by atoms with Crippen LogP contribution < -0.4 is 5.32 Å². The van der Waals surface area contributed by atoms with Gasteiger partial charge in [0, 0.05) is 51.4 Å². The molecule has 3 heterocycles. The molecule has 2 amide bonds. The van der Waals surface area contributed by atoms with E-state index in [0.717, 1.165) is 19.5 Å². The zero-order valence-electron chi connectivity index (χ0n) is 17.0. The number of aromatic nitrogens is 2. The maximum absolute atomic E-state index is 12.7. The number of piperidine rings is 1. The number of anilines is 1. The minimum absolute atomic E-state index is 0.0786. The maximum Gasteiger partial charge on any atom is 0.410 e. The standard InChI is InChI=1S/C19H30N6O3/c1-4-20-17-21-12-15(13-22-17)16(26)24-10-6-19(7-11-24)14-25(18(27)28-19)9-5-8-23(2)3/h12-13H,4-11,14H2,1-3H3,(H,20,21,22). The Morgan fingerprint density at radius 3 is 2.57 bits per heavy atom. The minimum Gasteiger partial charge on any atom is -0.441 e. The van der Waals surface area contributed by atoms with Crippen LogP contribution in [0.1, 0.15) is 36.5 Å². The van der Waals surface area contributed by atoms with Gasteiger partial charge in [0.15, 0.2) is 0 Å². The summed E-state index contributed by atoms with van der Waals surface area (Å²) in [7, 11) is 4.05. The molecule has 2 fully saturated rings. The van der Waals surface area contributed by atoms with Crippen molar-refractivity contribution in [2.24, 2.45) is 0 Å². The van der Waals surface area contributed by atoms with Crippen LogP contribution in [0.15, 0.2) is 12.4 Å². The summed E-state index contributed by atoms with van der Waals surface area (Å²) >= 11 is 0. The van der Waals surface area contributed by atoms with E-state index < -0.39 is 5.60 Å². The van der Waals surface area contributed by atoms with Gasteiger partial charge in [0.1, 0.15) is 5.60 Å². The number of carbonyl (C=O) groups is 2. The lowest BCUT2D eigenvalue weighted by molar-refractivity contribution is 0.00311. The number of hydrogen-bond acceptors (Lipinski definition) is 7. The molecule has 2 aliphatic heterocycles. The lowest BCUT2D eigenvalue weighted by Crippen LogP contribution is -2.48. The highest BCUT2D eigenvalue weighted by Gasteiger charge is 2.47. The van der Waals surface area contributed by atoms with Gasteiger partial charge in [-0.15, -0.1) is 0 Å². The molecule has 2 aliphatic rings. The SMILES string of the molecule is CCNc1ncc(C(=O)N2CCC3(CC2)CN(CCCN(C)C)C(=O)O3)cn1. The lowest BCUT2D eigenvalue weighted by atomic mass is 9.91. The van der Waals surface area contributed by atoms with Crippen LogP contribution >= 0.6 is 0 Å². The molecule has 0 bridgehead atoms. The third-order valence-electron chi connectivity index (χ3n) is 5.27. The maximum atomic E-state index is 12.7. The number of likely N-dealkylation sites (tertiary alicyclic amines) is 1. The second-order valence-corrected chi connectivity index (χ2v) is 7.75. The molecule has 0 aliphatic carbocycles. The van der Waals surface area contributed by atoms with Gasteiger partial charge in [0.25, 0.3) is 5.91 Å². The monoisotopic (exact) mass is 390 g/mol. The number of nitrogens with one attached hydrogen (secondary N) is 1. The highest BCUT2D eigenvalue weighted by Crippen LogP contribution is 2.33. The fourth-order valence-corrected chi connectivity index (χ4v) is 3.69. The Bertz CT molecular complexity index is 685. The predicted molar refractivity (Wildman–Crippen MR) is 105 cm³/mol. The molecule has 1 aromatic rings. The Hall–Kier alpha value is -2.42. The molecule has 1 N–H and O–H groups in total. The van der Waals surface area contributed by atoms with Gasteiger partial charge >= 0.3 is 6.09 Å². The van der Waals surface area contributed by atoms with Crippen molar-refractivity contribution in [3.05, 3.63) is 18.0 Å². The van der Waals surface area contributed by atoms with Crippen molar-refractivity contribution in [1.29, 1.82) is 0 Å². The van der Waals surface area contributed by atoms with Gasteiger partial charge in [-0.2, -0.15) is 0 Å². The molecular formula is C19H30N6O3. The quantitative estimate of drug-likeness (QED) is 0.750. The smallest absolute Gasteiger partial charge is 0.410 e. The molecule has 3 rings (SSSR count). The number of rotatable bonds is 7. The number of nitrogens with zero attached hydrogens (tertiary/aromatic N) is 5. The normalized spacial score (nSPS) is 18.6. The van der Waals surface area contributed by atoms with E-state index in [0.29, 0.717) is 50.5 Å². The molecule has 154 valence electrons. The Morgan fingerprint density at radius 1 is 1.29 bits per heavy atom. The summed E-state index contributed by atoms with van der Waals surface area (Å²) in [5.41, 5.74) is 0.0172. The van der Waals surface area contributed by atoms with Crippen LogP contribution in [0.3, 0.4) is 0 Å². The molecule has 9 heteroatoms. The van der Waals surface area contributed by atoms with E-state index in [1.807, 2.05) is 21.0 Å². The van der Waals surface area contributed by atoms with Crippen LogP contribution in [-0.2, 0) is 4.74 Å². The van der Waals surface area contributed by atoms with Gasteiger partial charge in [-0.25, -0.2) is 14.8 Å². The first-order valence-electron chi connectivity index (χ1n) is 9.90. The van der Waals surface area contributed by atoms with Crippen LogP contribution in [0.4, 0.5) is 10.7 Å². The lowest BCUT2D eigenvalue weighted by Gasteiger charge is -2.37. The van der Waals surface area contributed by atoms with Gasteiger partial charge in [-0.1, -0.05) is 0 Å². The average Bonchev–Trinajstić information content (AvgIpc) is 2.97. The molecule has 1 aromatic heterocycles. The Balaban J connectivity index is 1.52. The summed E-state index contributed by atoms with van der Waals surface area (Å²) in [4.78, 5) is 39.0. The predicted octanol–water partition coefficient (Wildman–Crippen LogP) is 1.29. The summed E-state index contributed by atoms with van der Waals surface area (Å²) in [6, 6.07) is 0. The van der Waals surface area contributed by atoms with Crippen LogP contribution in [-0.4, -0.2) is 95.6 Å². The molecule has 1 spiro atoms. The summed E-state index contributed by atoms with van der Waals surface area (Å²) in [5, 5.41) is 3.01. The first kappa shape index (κ1) is 20.3. The van der Waals surface area contributed by atoms with E-state index in [2.05, 4.69) is 20.2 Å². The number of amides is 2. The first-order valence-corrected chi connectivity index (χ1v) is 9.90. The van der Waals surface area contributed by atoms with Crippen molar-refractivity contribution in [2.45, 2.75) is 31.8 Å². The van der Waals surface area contributed by atoms with Gasteiger partial charge in [0.2, 0.25) is 5.95 Å². The van der Waals surface area contributed by atoms with E-state index in [1.54, 1.807) is 22.2 Å². The summed E-state index contributed by atoms with van der Waals surface area (Å²) < 4.78 is 5.74. The molecular weight excluding hydrogens is 360 g/mol. The van der Waals surface area contributed by atoms with Gasteiger partial charge in [-0.3, -0.25) is 4.79 Å². The van der Waals surface area contributed by atoms with Crippen LogP contribution in [0.2, 0.25) is 0 Å². The Labute approximate surface area is 166 Å². The molecule has 0 radical (unpaired) electrons. The number of hydrogen-bond donors (Lipinski definition) is 1. The summed E-state index contributed by atoms with van der Waals surface area (Å²) in [5.74, 6) is 0.439. The van der Waals surface area contributed by atoms with Crippen molar-refractivity contribution >= 4 is 17.9 Å². The van der Waals surface area contributed by atoms with E-state index in [-0.39, 0.29) is 12.0 Å². The van der Waals surface area contributed by atoms with Crippen molar-refractivity contribution < 1.29 is 14.3 Å². The molecule has 28 heavy (non-hydrogen) atoms. The third kappa shape index (κ3) is 4.70. The Morgan fingerprint density at radius 2 is 1.96 bits per heavy atom. The third-order valence-corrected chi connectivity index (χ3v) is 5.27. The van der Waals surface area contributed by atoms with E-state index in [9.17, 15) is 9.59 Å². The van der Waals surface area contributed by atoms with Crippen LogP contribution in [0.25, 0.3) is 0 Å². The molecule has 2 saturated heterocycles. The number of carbonyl (C=O) groups excluding carboxylic acids is 2. The highest BCUT2D eigenvalue weighted by atomic mass is 16.6. The molecule has 0 aromatic carbocycles. The zero-order chi connectivity index (χ0) is 20.1. The molecule has 0 atom stereocenters. The fraction of sp³-hybridized carbons (Fsp3) is 0.684. The number of ether oxygens (including phenoxy) is 1. The molecule has 9 nitrogen and oxygen atoms in total. The second-order valence-electron chi connectivity index (χ2n) is 7.75. The zero-order valence-corrected chi connectivity index (χ0v) is 17.0. The van der Waals surface area contributed by atoms with E-state index in [1.165, 1.54) is 0 Å². The molecule has 0 unspecified atom stereocenters.